The quantitative estimate of drug-likeness (QED) is 0.732. The molecule has 1 aromatic heterocycles. The molecule has 0 atom stereocenters. The van der Waals surface area contributed by atoms with Gasteiger partial charge < -0.3 is 0 Å². The van der Waals surface area contributed by atoms with E-state index < -0.39 is 0 Å². The molecule has 0 aliphatic heterocycles. The van der Waals surface area contributed by atoms with Crippen molar-refractivity contribution in [3.05, 3.63) is 54.7 Å². The summed E-state index contributed by atoms with van der Waals surface area (Å²) in [6.45, 7) is 0. The van der Waals surface area contributed by atoms with Gasteiger partial charge >= 0.3 is 0 Å². The minimum absolute atomic E-state index is 0.513. The van der Waals surface area contributed by atoms with E-state index in [2.05, 4.69) is 4.98 Å². The lowest BCUT2D eigenvalue weighted by Gasteiger charge is -2.14. The van der Waals surface area contributed by atoms with Crippen molar-refractivity contribution in [2.45, 2.75) is 0 Å². The summed E-state index contributed by atoms with van der Waals surface area (Å²) in [5.74, 6) is 0.513. The first-order valence-electron chi connectivity index (χ1n) is 4.33. The molecule has 2 aromatic rings. The van der Waals surface area contributed by atoms with Crippen LogP contribution in [-0.4, -0.2) is 10.2 Å². The van der Waals surface area contributed by atoms with Crippen molar-refractivity contribution in [1.82, 2.24) is 4.98 Å². The maximum absolute atomic E-state index is 9.76. The van der Waals surface area contributed by atoms with Gasteiger partial charge in [-0.1, -0.05) is 24.3 Å². The largest absolute Gasteiger partial charge is 0.282 e. The monoisotopic (exact) mass is 186 g/mol. The fourth-order valence-electron chi connectivity index (χ4n) is 1.18. The average Bonchev–Trinajstić information content (AvgIpc) is 2.30. The molecular weight excluding hydrogens is 176 g/mol. The van der Waals surface area contributed by atoms with E-state index in [0.717, 1.165) is 5.06 Å². The van der Waals surface area contributed by atoms with Gasteiger partial charge in [-0.15, -0.1) is 0 Å². The van der Waals surface area contributed by atoms with Crippen LogP contribution in [0.3, 0.4) is 0 Å². The van der Waals surface area contributed by atoms with Crippen molar-refractivity contribution < 1.29 is 5.21 Å². The van der Waals surface area contributed by atoms with E-state index in [1.54, 1.807) is 12.3 Å². The number of anilines is 2. The van der Waals surface area contributed by atoms with E-state index in [1.807, 2.05) is 42.5 Å². The van der Waals surface area contributed by atoms with Crippen molar-refractivity contribution in [2.75, 3.05) is 5.06 Å². The molecule has 70 valence electrons. The summed E-state index contributed by atoms with van der Waals surface area (Å²) in [6, 6.07) is 14.6. The second kappa shape index (κ2) is 3.89. The van der Waals surface area contributed by atoms with Crippen LogP contribution < -0.4 is 5.06 Å². The predicted molar refractivity (Wildman–Crippen MR) is 54.6 cm³/mol. The van der Waals surface area contributed by atoms with Gasteiger partial charge in [-0.3, -0.25) is 5.21 Å². The van der Waals surface area contributed by atoms with Gasteiger partial charge in [0.2, 0.25) is 0 Å². The third-order valence-corrected chi connectivity index (χ3v) is 1.87. The highest BCUT2D eigenvalue weighted by molar-refractivity contribution is 5.55. The molecule has 0 fully saturated rings. The van der Waals surface area contributed by atoms with Gasteiger partial charge in [0.1, 0.15) is 0 Å². The van der Waals surface area contributed by atoms with Crippen LogP contribution in [0.25, 0.3) is 0 Å². The number of nitrogens with zero attached hydrogens (tertiary/aromatic N) is 2. The van der Waals surface area contributed by atoms with Gasteiger partial charge in [0, 0.05) is 6.20 Å². The maximum atomic E-state index is 9.76. The Morgan fingerprint density at radius 2 is 1.64 bits per heavy atom. The molecule has 3 heteroatoms. The lowest BCUT2D eigenvalue weighted by molar-refractivity contribution is 0.297. The lowest BCUT2D eigenvalue weighted by atomic mass is 10.3. The number of para-hydroxylation sites is 1. The molecular formula is C11H10N2O. The van der Waals surface area contributed by atoms with E-state index in [1.165, 1.54) is 0 Å². The molecule has 1 aromatic carbocycles. The third kappa shape index (κ3) is 1.72. The predicted octanol–water partition coefficient (Wildman–Crippen LogP) is 2.61. The fourth-order valence-corrected chi connectivity index (χ4v) is 1.18. The highest BCUT2D eigenvalue weighted by Gasteiger charge is 2.04. The van der Waals surface area contributed by atoms with E-state index in [9.17, 15) is 5.21 Å². The van der Waals surface area contributed by atoms with Gasteiger partial charge in [0.25, 0.3) is 0 Å². The SMILES string of the molecule is ON(c1ccccc1)c1ccccn1. The first kappa shape index (κ1) is 8.72. The van der Waals surface area contributed by atoms with E-state index in [4.69, 9.17) is 0 Å². The second-order valence-electron chi connectivity index (χ2n) is 2.84. The Balaban J connectivity index is 2.30. The number of hydrogen-bond donors (Lipinski definition) is 1. The van der Waals surface area contributed by atoms with Crippen LogP contribution >= 0.6 is 0 Å². The van der Waals surface area contributed by atoms with Gasteiger partial charge in [0.15, 0.2) is 5.82 Å². The minimum atomic E-state index is 0.513. The highest BCUT2D eigenvalue weighted by atomic mass is 16.5. The number of rotatable bonds is 2. The molecule has 0 bridgehead atoms. The first-order chi connectivity index (χ1) is 6.88. The van der Waals surface area contributed by atoms with Crippen LogP contribution in [0.5, 0.6) is 0 Å². The molecule has 1 heterocycles. The van der Waals surface area contributed by atoms with Crippen molar-refractivity contribution in [1.29, 1.82) is 0 Å². The summed E-state index contributed by atoms with van der Waals surface area (Å²) in [4.78, 5) is 4.03. The Kier molecular flexibility index (Phi) is 2.42. The topological polar surface area (TPSA) is 36.4 Å². The number of benzene rings is 1. The Labute approximate surface area is 82.2 Å². The number of hydrogen-bond acceptors (Lipinski definition) is 3. The highest BCUT2D eigenvalue weighted by Crippen LogP contribution is 2.19. The van der Waals surface area contributed by atoms with Gasteiger partial charge in [-0.05, 0) is 24.3 Å². The fraction of sp³-hybridized carbons (Fsp3) is 0. The molecule has 2 rings (SSSR count). The van der Waals surface area contributed by atoms with Crippen LogP contribution in [0.1, 0.15) is 0 Å². The molecule has 1 N–H and O–H groups in total. The van der Waals surface area contributed by atoms with Crippen LogP contribution in [0.15, 0.2) is 54.7 Å². The summed E-state index contributed by atoms with van der Waals surface area (Å²) in [5, 5.41) is 10.8. The molecule has 3 nitrogen and oxygen atoms in total. The summed E-state index contributed by atoms with van der Waals surface area (Å²) in [5.41, 5.74) is 0.700. The Bertz CT molecular complexity index is 349. The summed E-state index contributed by atoms with van der Waals surface area (Å²) in [7, 11) is 0. The first-order valence-corrected chi connectivity index (χ1v) is 4.33. The zero-order valence-electron chi connectivity index (χ0n) is 7.54. The van der Waals surface area contributed by atoms with Crippen LogP contribution in [0.4, 0.5) is 11.5 Å². The van der Waals surface area contributed by atoms with Gasteiger partial charge in [-0.25, -0.2) is 10.0 Å². The molecule has 0 spiro atoms. The standard InChI is InChI=1S/C11H10N2O/c14-13(10-6-2-1-3-7-10)11-8-4-5-9-12-11/h1-9,14H. The second-order valence-corrected chi connectivity index (χ2v) is 2.84. The maximum Gasteiger partial charge on any atom is 0.157 e. The molecule has 0 unspecified atom stereocenters. The third-order valence-electron chi connectivity index (χ3n) is 1.87. The normalized spacial score (nSPS) is 9.79. The van der Waals surface area contributed by atoms with Gasteiger partial charge in [0.05, 0.1) is 5.69 Å². The van der Waals surface area contributed by atoms with E-state index in [0.29, 0.717) is 11.5 Å². The van der Waals surface area contributed by atoms with Crippen LogP contribution in [-0.2, 0) is 0 Å². The Morgan fingerprint density at radius 1 is 0.929 bits per heavy atom. The molecule has 0 saturated heterocycles. The molecule has 0 aliphatic carbocycles. The average molecular weight is 186 g/mol. The number of aromatic nitrogens is 1. The van der Waals surface area contributed by atoms with E-state index in [-0.39, 0.29) is 0 Å². The van der Waals surface area contributed by atoms with Crippen molar-refractivity contribution in [2.24, 2.45) is 0 Å². The smallest absolute Gasteiger partial charge is 0.157 e. The molecule has 0 saturated carbocycles. The Morgan fingerprint density at radius 3 is 2.29 bits per heavy atom. The Hall–Kier alpha value is -1.87. The van der Waals surface area contributed by atoms with Crippen LogP contribution in [0.2, 0.25) is 0 Å². The summed E-state index contributed by atoms with van der Waals surface area (Å²) in [6.07, 6.45) is 1.64. The van der Waals surface area contributed by atoms with E-state index >= 15 is 0 Å². The zero-order chi connectivity index (χ0) is 9.80. The molecule has 0 aliphatic rings. The van der Waals surface area contributed by atoms with Crippen LogP contribution in [0, 0.1) is 0 Å². The molecule has 0 amide bonds. The summed E-state index contributed by atoms with van der Waals surface area (Å²) >= 11 is 0. The molecule has 14 heavy (non-hydrogen) atoms. The molecule has 0 radical (unpaired) electrons. The van der Waals surface area contributed by atoms with Crippen molar-refractivity contribution >= 4 is 11.5 Å². The zero-order valence-corrected chi connectivity index (χ0v) is 7.54. The number of pyridine rings is 1. The minimum Gasteiger partial charge on any atom is -0.282 e. The van der Waals surface area contributed by atoms with Crippen molar-refractivity contribution in [3.8, 4) is 0 Å². The van der Waals surface area contributed by atoms with Gasteiger partial charge in [-0.2, -0.15) is 0 Å². The summed E-state index contributed by atoms with van der Waals surface area (Å²) < 4.78 is 0. The lowest BCUT2D eigenvalue weighted by Crippen LogP contribution is -2.11. The van der Waals surface area contributed by atoms with Crippen molar-refractivity contribution in [3.63, 3.8) is 0 Å².